The zero-order chi connectivity index (χ0) is 37.4. The predicted octanol–water partition coefficient (Wildman–Crippen LogP) is 5.50. The number of rotatable bonds is 18. The van der Waals surface area contributed by atoms with Gasteiger partial charge >= 0.3 is 133 Å². The molecule has 1 aromatic carbocycles. The first-order valence-corrected chi connectivity index (χ1v) is 19.5. The molecule has 2 aromatic rings. The van der Waals surface area contributed by atoms with Crippen molar-refractivity contribution in [1.29, 1.82) is 0 Å². The Hall–Kier alpha value is -2.96. The summed E-state index contributed by atoms with van der Waals surface area (Å²) >= 11 is 0. The van der Waals surface area contributed by atoms with E-state index in [2.05, 4.69) is 67.3 Å². The van der Waals surface area contributed by atoms with Crippen LogP contribution in [0.3, 0.4) is 0 Å². The van der Waals surface area contributed by atoms with E-state index in [-0.39, 0.29) is 6.16 Å². The van der Waals surface area contributed by atoms with Crippen LogP contribution < -0.4 is 9.94 Å². The Morgan fingerprint density at radius 1 is 0.898 bits per heavy atom. The van der Waals surface area contributed by atoms with Crippen LogP contribution in [0.2, 0.25) is 0 Å². The molecule has 278 valence electrons. The van der Waals surface area contributed by atoms with Gasteiger partial charge in [0.1, 0.15) is 6.04 Å². The van der Waals surface area contributed by atoms with Crippen LogP contribution in [0.1, 0.15) is 53.4 Å². The average Bonchev–Trinajstić information content (AvgIpc) is 3.44. The van der Waals surface area contributed by atoms with E-state index in [1.165, 1.54) is 43.4 Å². The van der Waals surface area contributed by atoms with Gasteiger partial charge in [0.15, 0.2) is 0 Å². The summed E-state index contributed by atoms with van der Waals surface area (Å²) in [5, 5.41) is 10.8. The van der Waals surface area contributed by atoms with E-state index in [1.54, 1.807) is 0 Å². The van der Waals surface area contributed by atoms with Gasteiger partial charge in [0, 0.05) is 20.3 Å². The van der Waals surface area contributed by atoms with Crippen molar-refractivity contribution < 1.29 is 32.6 Å². The van der Waals surface area contributed by atoms with Crippen molar-refractivity contribution >= 4 is 38.4 Å². The van der Waals surface area contributed by atoms with Crippen molar-refractivity contribution in [3.8, 4) is 0 Å². The van der Waals surface area contributed by atoms with E-state index >= 15 is 0 Å². The van der Waals surface area contributed by atoms with Crippen LogP contribution in [0.4, 0.5) is 0 Å². The van der Waals surface area contributed by atoms with Gasteiger partial charge in [-0.15, -0.1) is 0 Å². The van der Waals surface area contributed by atoms with E-state index in [0.717, 1.165) is 42.3 Å². The van der Waals surface area contributed by atoms with E-state index in [4.69, 9.17) is 13.7 Å². The molecule has 1 heterocycles. The van der Waals surface area contributed by atoms with Crippen molar-refractivity contribution in [3.05, 3.63) is 59.2 Å². The maximum atomic E-state index is 12.3. The summed E-state index contributed by atoms with van der Waals surface area (Å²) in [5.41, 5.74) is 5.21. The van der Waals surface area contributed by atoms with Gasteiger partial charge in [0.05, 0.1) is 13.3 Å². The van der Waals surface area contributed by atoms with Gasteiger partial charge in [0.2, 0.25) is 5.91 Å². The molecule has 0 bridgehead atoms. The number of para-hydroxylation sites is 1. The Kier molecular flexibility index (Phi) is 19.2. The third kappa shape index (κ3) is 14.1. The normalized spacial score (nSPS) is 13.6. The first-order valence-electron chi connectivity index (χ1n) is 16.0. The molecule has 0 aliphatic carbocycles. The van der Waals surface area contributed by atoms with Crippen molar-refractivity contribution in [3.63, 3.8) is 0 Å². The third-order valence-electron chi connectivity index (χ3n) is 7.54. The fourth-order valence-corrected chi connectivity index (χ4v) is 9.38. The van der Waals surface area contributed by atoms with Crippen molar-refractivity contribution in [2.45, 2.75) is 59.4 Å². The Morgan fingerprint density at radius 3 is 1.98 bits per heavy atom. The van der Waals surface area contributed by atoms with Gasteiger partial charge in [-0.05, 0) is 53.4 Å². The Balaban J connectivity index is 0.000000520. The van der Waals surface area contributed by atoms with Crippen molar-refractivity contribution in [2.75, 3.05) is 69.8 Å². The number of fused-ring (bicyclic) bond motifs is 1. The molecular formula is C33H59N7O7P2. The first-order chi connectivity index (χ1) is 23.0. The Morgan fingerprint density at radius 2 is 1.45 bits per heavy atom. The molecule has 0 unspecified atom stereocenters. The SMILES string of the molecule is CN(C)[PH](On1nnc2ccccc21)(N(C)C)N(C)C.COC(=O)[C@@H](CP(=O)(OC)OC)NC(=O)/C=C(\C)CC/C=C(\C)CCC=C(C)C. The Labute approximate surface area is 293 Å². The van der Waals surface area contributed by atoms with Crippen LogP contribution in [-0.2, 0) is 27.9 Å². The minimum absolute atomic E-state index is 0.307. The van der Waals surface area contributed by atoms with Crippen LogP contribution in [0.25, 0.3) is 11.0 Å². The summed E-state index contributed by atoms with van der Waals surface area (Å²) in [6, 6.07) is 6.65. The molecule has 1 atom stereocenters. The molecule has 0 radical (unpaired) electrons. The minimum atomic E-state index is -3.49. The van der Waals surface area contributed by atoms with E-state index < -0.39 is 33.5 Å². The number of amides is 1. The van der Waals surface area contributed by atoms with Crippen molar-refractivity contribution in [1.82, 2.24) is 34.5 Å². The fraction of sp³-hybridized carbons (Fsp3) is 0.576. The zero-order valence-corrected chi connectivity index (χ0v) is 33.5. The zero-order valence-electron chi connectivity index (χ0n) is 31.6. The second-order valence-corrected chi connectivity index (χ2v) is 18.8. The van der Waals surface area contributed by atoms with Crippen molar-refractivity contribution in [2.24, 2.45) is 0 Å². The molecule has 0 aliphatic heterocycles. The van der Waals surface area contributed by atoms with Gasteiger partial charge in [-0.25, -0.2) is 4.79 Å². The standard InChI is InChI=1S/C21H36NO6P.C12H23N6OP/c1-16(2)10-8-11-17(3)12-9-13-18(4)14-20(23)22-19(21(24)26-5)15-29(25,27-6)28-7;1-15(2)20(16(3)4,17(5)6)19-18-12-10-8-7-9-11(12)13-14-18/h10,12,14,19H,8-9,11,13,15H2,1-7H3,(H,22,23);7-10,20H,1-6H3/b17-12+,18-14+;/t19-;/m1./s1. The fourth-order valence-electron chi connectivity index (χ4n) is 4.99. The number of carbonyl (C=O) groups excluding carboxylic acids is 2. The van der Waals surface area contributed by atoms with Gasteiger partial charge < -0.3 is 19.1 Å². The number of methoxy groups -OCH3 is 1. The summed E-state index contributed by atoms with van der Waals surface area (Å²) in [5.74, 6) is -1.17. The second kappa shape index (κ2) is 21.3. The van der Waals surface area contributed by atoms with Crippen LogP contribution in [-0.4, -0.2) is 117 Å². The van der Waals surface area contributed by atoms with Gasteiger partial charge in [0.25, 0.3) is 0 Å². The number of carbonyl (C=O) groups is 2. The molecule has 2 rings (SSSR count). The number of nitrogens with zero attached hydrogens (tertiary/aromatic N) is 6. The number of ether oxygens (including phenoxy) is 1. The summed E-state index contributed by atoms with van der Waals surface area (Å²) in [6.45, 7) is 8.14. The number of hydrogen-bond acceptors (Lipinski definition) is 12. The monoisotopic (exact) mass is 727 g/mol. The maximum Gasteiger partial charge on any atom is 0.332 e. The molecule has 1 N–H and O–H groups in total. The number of nitrogens with one attached hydrogen (secondary N) is 1. The topological polar surface area (TPSA) is 141 Å². The second-order valence-electron chi connectivity index (χ2n) is 12.4. The summed E-state index contributed by atoms with van der Waals surface area (Å²) in [4.78, 5) is 25.7. The van der Waals surface area contributed by atoms with Crippen LogP contribution in [0, 0.1) is 0 Å². The van der Waals surface area contributed by atoms with Gasteiger partial charge in [-0.2, -0.15) is 0 Å². The quantitative estimate of drug-likeness (QED) is 0.0897. The van der Waals surface area contributed by atoms with Crippen LogP contribution in [0.5, 0.6) is 0 Å². The Bertz CT molecular complexity index is 1450. The summed E-state index contributed by atoms with van der Waals surface area (Å²) in [6.07, 6.45) is 9.14. The first kappa shape index (κ1) is 44.1. The molecule has 14 nitrogen and oxygen atoms in total. The molecule has 16 heteroatoms. The number of hydrogen-bond donors (Lipinski definition) is 1. The molecule has 0 spiro atoms. The largest absolute Gasteiger partial charge is 0.467 e. The number of allylic oxidation sites excluding steroid dienone is 5. The molecule has 0 saturated carbocycles. The van der Waals surface area contributed by atoms with E-state index in [0.29, 0.717) is 0 Å². The van der Waals surface area contributed by atoms with Crippen LogP contribution >= 0.6 is 15.5 Å². The molecule has 0 aliphatic rings. The smallest absolute Gasteiger partial charge is 0.332 e. The van der Waals surface area contributed by atoms with E-state index in [1.807, 2.05) is 73.5 Å². The minimum Gasteiger partial charge on any atom is -0.467 e. The molecule has 1 aromatic heterocycles. The number of aromatic nitrogens is 3. The number of esters is 1. The third-order valence-corrected chi connectivity index (χ3v) is 13.4. The molecular weight excluding hydrogens is 668 g/mol. The summed E-state index contributed by atoms with van der Waals surface area (Å²) in [7, 11) is 9.78. The van der Waals surface area contributed by atoms with E-state index in [9.17, 15) is 14.2 Å². The number of benzene rings is 1. The predicted molar refractivity (Wildman–Crippen MR) is 199 cm³/mol. The molecule has 49 heavy (non-hydrogen) atoms. The van der Waals surface area contributed by atoms with Gasteiger partial charge in [-0.1, -0.05) is 28.9 Å². The summed E-state index contributed by atoms with van der Waals surface area (Å²) < 4.78 is 39.3. The molecule has 0 saturated heterocycles. The van der Waals surface area contributed by atoms with Gasteiger partial charge in [-0.3, -0.25) is 9.36 Å². The molecule has 0 fully saturated rings. The maximum absolute atomic E-state index is 12.3. The van der Waals surface area contributed by atoms with Crippen LogP contribution in [0.15, 0.2) is 59.2 Å². The average molecular weight is 728 g/mol. The molecule has 1 amide bonds.